The first-order chi connectivity index (χ1) is 9.24. The molecule has 0 aliphatic carbocycles. The van der Waals surface area contributed by atoms with Crippen molar-refractivity contribution in [3.8, 4) is 23.3 Å². The van der Waals surface area contributed by atoms with Gasteiger partial charge in [-0.15, -0.1) is 0 Å². The first-order valence-electron chi connectivity index (χ1n) is 6.15. The van der Waals surface area contributed by atoms with E-state index >= 15 is 0 Å². The molecule has 96 valence electrons. The van der Waals surface area contributed by atoms with Gasteiger partial charge in [0.05, 0.1) is 12.2 Å². The average Bonchev–Trinajstić information content (AvgIpc) is 2.42. The van der Waals surface area contributed by atoms with E-state index in [0.717, 1.165) is 5.56 Å². The van der Waals surface area contributed by atoms with Gasteiger partial charge in [0.1, 0.15) is 11.8 Å². The van der Waals surface area contributed by atoms with Gasteiger partial charge in [0.2, 0.25) is 0 Å². The van der Waals surface area contributed by atoms with Crippen molar-refractivity contribution in [1.29, 1.82) is 5.26 Å². The first kappa shape index (κ1) is 13.0. The highest BCUT2D eigenvalue weighted by Crippen LogP contribution is 2.33. The zero-order chi connectivity index (χ0) is 13.7. The molecule has 2 rings (SSSR count). The second kappa shape index (κ2) is 5.92. The Balaban J connectivity index is 2.36. The molecule has 0 fully saturated rings. The topological polar surface area (TPSA) is 42.2 Å². The Morgan fingerprint density at radius 1 is 1.05 bits per heavy atom. The van der Waals surface area contributed by atoms with Crippen LogP contribution >= 0.6 is 0 Å². The van der Waals surface area contributed by atoms with Crippen molar-refractivity contribution in [1.82, 2.24) is 0 Å². The molecule has 0 aliphatic heterocycles. The molecule has 0 bridgehead atoms. The number of hydrogen-bond donors (Lipinski definition) is 0. The smallest absolute Gasteiger partial charge is 0.169 e. The number of rotatable bonds is 4. The van der Waals surface area contributed by atoms with Crippen LogP contribution in [-0.4, -0.2) is 6.61 Å². The van der Waals surface area contributed by atoms with Crippen LogP contribution in [0.2, 0.25) is 0 Å². The van der Waals surface area contributed by atoms with Crippen molar-refractivity contribution in [3.05, 3.63) is 53.6 Å². The number of nitriles is 1. The molecule has 0 amide bonds. The molecule has 0 aliphatic rings. The Bertz CT molecular complexity index is 614. The number of aryl methyl sites for hydroxylation is 1. The normalized spacial score (nSPS) is 9.74. The summed E-state index contributed by atoms with van der Waals surface area (Å²) in [5.41, 5.74) is 1.56. The second-order valence-electron chi connectivity index (χ2n) is 4.09. The fraction of sp³-hybridized carbons (Fsp3) is 0.188. The number of hydrogen-bond acceptors (Lipinski definition) is 3. The molecule has 0 unspecified atom stereocenters. The first-order valence-corrected chi connectivity index (χ1v) is 6.15. The fourth-order valence-corrected chi connectivity index (χ4v) is 1.73. The summed E-state index contributed by atoms with van der Waals surface area (Å²) in [6.07, 6.45) is 0. The molecule has 0 aromatic heterocycles. The number of ether oxygens (including phenoxy) is 2. The quantitative estimate of drug-likeness (QED) is 0.825. The van der Waals surface area contributed by atoms with Crippen molar-refractivity contribution < 1.29 is 9.47 Å². The molecule has 19 heavy (non-hydrogen) atoms. The zero-order valence-corrected chi connectivity index (χ0v) is 11.0. The third-order valence-corrected chi connectivity index (χ3v) is 2.63. The monoisotopic (exact) mass is 253 g/mol. The summed E-state index contributed by atoms with van der Waals surface area (Å²) in [6, 6.07) is 15.1. The third-order valence-electron chi connectivity index (χ3n) is 2.63. The van der Waals surface area contributed by atoms with Crippen LogP contribution in [0.5, 0.6) is 17.2 Å². The molecular formula is C16H15NO2. The lowest BCUT2D eigenvalue weighted by Gasteiger charge is -2.12. The lowest BCUT2D eigenvalue weighted by molar-refractivity contribution is 0.321. The maximum Gasteiger partial charge on any atom is 0.169 e. The number of para-hydroxylation sites is 2. The average molecular weight is 253 g/mol. The predicted molar refractivity (Wildman–Crippen MR) is 73.6 cm³/mol. The molecule has 2 aromatic rings. The summed E-state index contributed by atoms with van der Waals surface area (Å²) in [4.78, 5) is 0. The van der Waals surface area contributed by atoms with Crippen molar-refractivity contribution in [3.63, 3.8) is 0 Å². The molecule has 0 radical (unpaired) electrons. The SMILES string of the molecule is CCOc1ccccc1Oc1cc(C)ccc1C#N. The van der Waals surface area contributed by atoms with E-state index < -0.39 is 0 Å². The highest BCUT2D eigenvalue weighted by atomic mass is 16.5. The van der Waals surface area contributed by atoms with Crippen LogP contribution in [0.3, 0.4) is 0 Å². The van der Waals surface area contributed by atoms with E-state index in [9.17, 15) is 0 Å². The van der Waals surface area contributed by atoms with Crippen molar-refractivity contribution >= 4 is 0 Å². The molecule has 0 spiro atoms. The highest BCUT2D eigenvalue weighted by Gasteiger charge is 2.09. The van der Waals surface area contributed by atoms with Gasteiger partial charge in [-0.25, -0.2) is 0 Å². The highest BCUT2D eigenvalue weighted by molar-refractivity contribution is 5.49. The van der Waals surface area contributed by atoms with Crippen LogP contribution in [0.15, 0.2) is 42.5 Å². The molecule has 2 aromatic carbocycles. The van der Waals surface area contributed by atoms with Gasteiger partial charge >= 0.3 is 0 Å². The summed E-state index contributed by atoms with van der Waals surface area (Å²) < 4.78 is 11.3. The largest absolute Gasteiger partial charge is 0.490 e. The minimum atomic E-state index is 0.511. The summed E-state index contributed by atoms with van der Waals surface area (Å²) >= 11 is 0. The van der Waals surface area contributed by atoms with E-state index in [1.54, 1.807) is 6.07 Å². The zero-order valence-electron chi connectivity index (χ0n) is 11.0. The second-order valence-corrected chi connectivity index (χ2v) is 4.09. The van der Waals surface area contributed by atoms with Gasteiger partial charge in [0, 0.05) is 0 Å². The van der Waals surface area contributed by atoms with Crippen molar-refractivity contribution in [2.24, 2.45) is 0 Å². The lowest BCUT2D eigenvalue weighted by Crippen LogP contribution is -1.96. The minimum absolute atomic E-state index is 0.511. The van der Waals surface area contributed by atoms with Crippen LogP contribution in [0.25, 0.3) is 0 Å². The fourth-order valence-electron chi connectivity index (χ4n) is 1.73. The van der Waals surface area contributed by atoms with Gasteiger partial charge < -0.3 is 9.47 Å². The van der Waals surface area contributed by atoms with Gasteiger partial charge in [0.25, 0.3) is 0 Å². The van der Waals surface area contributed by atoms with E-state index in [2.05, 4.69) is 6.07 Å². The molecule has 0 heterocycles. The Kier molecular flexibility index (Phi) is 4.04. The number of nitrogens with zero attached hydrogens (tertiary/aromatic N) is 1. The van der Waals surface area contributed by atoms with E-state index in [1.807, 2.05) is 50.2 Å². The Morgan fingerprint density at radius 2 is 1.79 bits per heavy atom. The summed E-state index contributed by atoms with van der Waals surface area (Å²) in [7, 11) is 0. The third kappa shape index (κ3) is 3.05. The summed E-state index contributed by atoms with van der Waals surface area (Å²) in [6.45, 7) is 4.45. The van der Waals surface area contributed by atoms with Crippen LogP contribution in [0.4, 0.5) is 0 Å². The van der Waals surface area contributed by atoms with Crippen molar-refractivity contribution in [2.45, 2.75) is 13.8 Å². The maximum atomic E-state index is 9.10. The van der Waals surface area contributed by atoms with Crippen LogP contribution in [0.1, 0.15) is 18.1 Å². The van der Waals surface area contributed by atoms with E-state index in [-0.39, 0.29) is 0 Å². The van der Waals surface area contributed by atoms with Crippen molar-refractivity contribution in [2.75, 3.05) is 6.61 Å². The molecule has 0 N–H and O–H groups in total. The Morgan fingerprint density at radius 3 is 2.47 bits per heavy atom. The van der Waals surface area contributed by atoms with Gasteiger partial charge in [-0.05, 0) is 43.7 Å². The van der Waals surface area contributed by atoms with Crippen LogP contribution < -0.4 is 9.47 Å². The van der Waals surface area contributed by atoms with E-state index in [4.69, 9.17) is 14.7 Å². The molecule has 0 saturated carbocycles. The van der Waals surface area contributed by atoms with Crippen LogP contribution in [0, 0.1) is 18.3 Å². The lowest BCUT2D eigenvalue weighted by atomic mass is 10.1. The molecule has 3 heteroatoms. The standard InChI is InChI=1S/C16H15NO2/c1-3-18-14-6-4-5-7-15(14)19-16-10-12(2)8-9-13(16)11-17/h4-10H,3H2,1-2H3. The number of benzene rings is 2. The van der Waals surface area contributed by atoms with Gasteiger partial charge in [-0.1, -0.05) is 18.2 Å². The van der Waals surface area contributed by atoms with E-state index in [0.29, 0.717) is 29.4 Å². The van der Waals surface area contributed by atoms with Gasteiger partial charge in [-0.3, -0.25) is 0 Å². The molecule has 0 atom stereocenters. The van der Waals surface area contributed by atoms with E-state index in [1.165, 1.54) is 0 Å². The molecule has 0 saturated heterocycles. The maximum absolute atomic E-state index is 9.10. The van der Waals surface area contributed by atoms with Crippen LogP contribution in [-0.2, 0) is 0 Å². The Labute approximate surface area is 113 Å². The summed E-state index contributed by atoms with van der Waals surface area (Å²) in [5, 5.41) is 9.10. The van der Waals surface area contributed by atoms with Gasteiger partial charge in [0.15, 0.2) is 11.5 Å². The summed E-state index contributed by atoms with van der Waals surface area (Å²) in [5.74, 6) is 1.84. The minimum Gasteiger partial charge on any atom is -0.490 e. The predicted octanol–water partition coefficient (Wildman–Crippen LogP) is 4.06. The Hall–Kier alpha value is -2.47. The molecule has 3 nitrogen and oxygen atoms in total. The van der Waals surface area contributed by atoms with Gasteiger partial charge in [-0.2, -0.15) is 5.26 Å². The molecular weight excluding hydrogens is 238 g/mol.